The summed E-state index contributed by atoms with van der Waals surface area (Å²) in [4.78, 5) is 31.3. The van der Waals surface area contributed by atoms with E-state index in [9.17, 15) is 4.79 Å². The fourth-order valence-corrected chi connectivity index (χ4v) is 4.44. The van der Waals surface area contributed by atoms with E-state index in [-0.39, 0.29) is 5.91 Å². The number of imidazole rings is 1. The van der Waals surface area contributed by atoms with E-state index in [0.29, 0.717) is 13.1 Å². The third kappa shape index (κ3) is 4.39. The van der Waals surface area contributed by atoms with Crippen LogP contribution in [-0.4, -0.2) is 56.3 Å². The predicted molar refractivity (Wildman–Crippen MR) is 121 cm³/mol. The first-order valence-corrected chi connectivity index (χ1v) is 11.2. The van der Waals surface area contributed by atoms with Crippen LogP contribution >= 0.6 is 11.8 Å². The SMILES string of the molecule is O=C(c1ccc(SCc2cn3ccccc3n2)cc1)N1CCN(c2ncccn2)CC1. The molecular weight excluding hydrogens is 408 g/mol. The van der Waals surface area contributed by atoms with Gasteiger partial charge in [0.15, 0.2) is 0 Å². The Labute approximate surface area is 184 Å². The predicted octanol–water partition coefficient (Wildman–Crippen LogP) is 3.38. The van der Waals surface area contributed by atoms with Crippen LogP contribution in [0.1, 0.15) is 16.1 Å². The van der Waals surface area contributed by atoms with Gasteiger partial charge in [-0.15, -0.1) is 11.8 Å². The Morgan fingerprint density at radius 3 is 2.45 bits per heavy atom. The van der Waals surface area contributed by atoms with Gasteiger partial charge in [0.05, 0.1) is 5.69 Å². The molecule has 4 aromatic rings. The second kappa shape index (κ2) is 8.77. The van der Waals surface area contributed by atoms with Crippen molar-refractivity contribution in [1.82, 2.24) is 24.3 Å². The molecule has 8 heteroatoms. The Kier molecular flexibility index (Phi) is 5.54. The zero-order valence-electron chi connectivity index (χ0n) is 17.0. The molecule has 0 atom stereocenters. The number of amides is 1. The minimum absolute atomic E-state index is 0.0746. The van der Waals surface area contributed by atoms with Gasteiger partial charge in [-0.25, -0.2) is 15.0 Å². The Hall–Kier alpha value is -3.39. The van der Waals surface area contributed by atoms with Crippen molar-refractivity contribution >= 4 is 29.3 Å². The summed E-state index contributed by atoms with van der Waals surface area (Å²) in [6.45, 7) is 2.81. The van der Waals surface area contributed by atoms with Crippen molar-refractivity contribution in [1.29, 1.82) is 0 Å². The van der Waals surface area contributed by atoms with Crippen molar-refractivity contribution in [3.05, 3.63) is 84.6 Å². The third-order valence-electron chi connectivity index (χ3n) is 5.30. The highest BCUT2D eigenvalue weighted by Crippen LogP contribution is 2.23. The zero-order valence-corrected chi connectivity index (χ0v) is 17.8. The first-order chi connectivity index (χ1) is 15.3. The first kappa shape index (κ1) is 19.6. The van der Waals surface area contributed by atoms with Gasteiger partial charge in [-0.3, -0.25) is 4.79 Å². The van der Waals surface area contributed by atoms with Crippen LogP contribution in [0.4, 0.5) is 5.95 Å². The maximum Gasteiger partial charge on any atom is 0.253 e. The number of carbonyl (C=O) groups excluding carboxylic acids is 1. The van der Waals surface area contributed by atoms with Gasteiger partial charge in [-0.05, 0) is 42.5 Å². The van der Waals surface area contributed by atoms with E-state index in [0.717, 1.165) is 46.6 Å². The van der Waals surface area contributed by atoms with Crippen LogP contribution in [0, 0.1) is 0 Å². The lowest BCUT2D eigenvalue weighted by Crippen LogP contribution is -2.49. The summed E-state index contributed by atoms with van der Waals surface area (Å²) in [5.74, 6) is 1.59. The lowest BCUT2D eigenvalue weighted by Gasteiger charge is -2.34. The molecule has 1 aromatic carbocycles. The second-order valence-corrected chi connectivity index (χ2v) is 8.39. The van der Waals surface area contributed by atoms with Gasteiger partial charge < -0.3 is 14.2 Å². The number of anilines is 1. The quantitative estimate of drug-likeness (QED) is 0.452. The number of thioether (sulfide) groups is 1. The van der Waals surface area contributed by atoms with E-state index < -0.39 is 0 Å². The van der Waals surface area contributed by atoms with E-state index in [1.54, 1.807) is 24.2 Å². The van der Waals surface area contributed by atoms with Crippen LogP contribution in [0.2, 0.25) is 0 Å². The van der Waals surface area contributed by atoms with Gasteiger partial charge >= 0.3 is 0 Å². The second-order valence-electron chi connectivity index (χ2n) is 7.34. The molecule has 4 heterocycles. The van der Waals surface area contributed by atoms with Crippen LogP contribution in [0.15, 0.2) is 78.2 Å². The number of hydrogen-bond acceptors (Lipinski definition) is 6. The van der Waals surface area contributed by atoms with Crippen molar-refractivity contribution in [3.8, 4) is 0 Å². The zero-order chi connectivity index (χ0) is 21.0. The summed E-state index contributed by atoms with van der Waals surface area (Å²) in [5, 5.41) is 0. The highest BCUT2D eigenvalue weighted by atomic mass is 32.2. The van der Waals surface area contributed by atoms with E-state index in [4.69, 9.17) is 0 Å². The summed E-state index contributed by atoms with van der Waals surface area (Å²) < 4.78 is 2.03. The lowest BCUT2D eigenvalue weighted by atomic mass is 10.2. The topological polar surface area (TPSA) is 66.6 Å². The molecule has 3 aromatic heterocycles. The number of pyridine rings is 1. The molecule has 0 unspecified atom stereocenters. The summed E-state index contributed by atoms with van der Waals surface area (Å²) in [6.07, 6.45) is 7.55. The van der Waals surface area contributed by atoms with Crippen LogP contribution in [0.3, 0.4) is 0 Å². The smallest absolute Gasteiger partial charge is 0.253 e. The monoisotopic (exact) mass is 430 g/mol. The van der Waals surface area contributed by atoms with E-state index >= 15 is 0 Å². The molecule has 1 aliphatic heterocycles. The van der Waals surface area contributed by atoms with E-state index in [1.165, 1.54) is 0 Å². The third-order valence-corrected chi connectivity index (χ3v) is 6.35. The molecule has 0 aliphatic carbocycles. The molecule has 0 saturated carbocycles. The first-order valence-electron chi connectivity index (χ1n) is 10.2. The summed E-state index contributed by atoms with van der Waals surface area (Å²) in [7, 11) is 0. The summed E-state index contributed by atoms with van der Waals surface area (Å²) in [5.41, 5.74) is 2.72. The van der Waals surface area contributed by atoms with Gasteiger partial charge in [0.2, 0.25) is 5.95 Å². The average molecular weight is 431 g/mol. The van der Waals surface area contributed by atoms with Gasteiger partial charge in [-0.1, -0.05) is 6.07 Å². The van der Waals surface area contributed by atoms with E-state index in [1.807, 2.05) is 64.0 Å². The summed E-state index contributed by atoms with van der Waals surface area (Å²) >= 11 is 1.72. The Bertz CT molecular complexity index is 1140. The van der Waals surface area contributed by atoms with Gasteiger partial charge in [0.25, 0.3) is 5.91 Å². The number of nitrogens with zero attached hydrogens (tertiary/aromatic N) is 6. The van der Waals surface area contributed by atoms with Crippen molar-refractivity contribution in [2.24, 2.45) is 0 Å². The average Bonchev–Trinajstić information content (AvgIpc) is 3.26. The minimum Gasteiger partial charge on any atom is -0.337 e. The number of rotatable bonds is 5. The fraction of sp³-hybridized carbons (Fsp3) is 0.217. The summed E-state index contributed by atoms with van der Waals surface area (Å²) in [6, 6.07) is 15.7. The largest absolute Gasteiger partial charge is 0.337 e. The number of fused-ring (bicyclic) bond motifs is 1. The van der Waals surface area contributed by atoms with Crippen LogP contribution in [0.5, 0.6) is 0 Å². The maximum atomic E-state index is 12.9. The molecule has 156 valence electrons. The molecule has 1 amide bonds. The highest BCUT2D eigenvalue weighted by molar-refractivity contribution is 7.98. The number of piperazine rings is 1. The molecule has 7 nitrogen and oxygen atoms in total. The maximum absolute atomic E-state index is 12.9. The number of aromatic nitrogens is 4. The fourth-order valence-electron chi connectivity index (χ4n) is 3.65. The van der Waals surface area contributed by atoms with Crippen LogP contribution < -0.4 is 4.90 Å². The minimum atomic E-state index is 0.0746. The molecule has 0 spiro atoms. The molecule has 0 radical (unpaired) electrons. The molecular formula is C23H22N6OS. The van der Waals surface area contributed by atoms with Crippen LogP contribution in [-0.2, 0) is 5.75 Å². The van der Waals surface area contributed by atoms with Crippen LogP contribution in [0.25, 0.3) is 5.65 Å². The Balaban J connectivity index is 1.16. The van der Waals surface area contributed by atoms with Gasteiger partial charge in [0, 0.05) is 67.2 Å². The standard InChI is InChI=1S/C23H22N6OS/c30-22(27-12-14-28(15-13-27)23-24-9-3-10-25-23)18-5-7-20(8-6-18)31-17-19-16-29-11-2-1-4-21(29)26-19/h1-11,16H,12-15,17H2. The molecule has 1 saturated heterocycles. The van der Waals surface area contributed by atoms with Crippen molar-refractivity contribution < 1.29 is 4.79 Å². The van der Waals surface area contributed by atoms with Crippen molar-refractivity contribution in [2.45, 2.75) is 10.6 Å². The Morgan fingerprint density at radius 2 is 1.71 bits per heavy atom. The normalized spacial score (nSPS) is 14.2. The van der Waals surface area contributed by atoms with Crippen molar-refractivity contribution in [3.63, 3.8) is 0 Å². The van der Waals surface area contributed by atoms with Gasteiger partial charge in [-0.2, -0.15) is 0 Å². The molecule has 31 heavy (non-hydrogen) atoms. The Morgan fingerprint density at radius 1 is 0.935 bits per heavy atom. The molecule has 1 aliphatic rings. The van der Waals surface area contributed by atoms with E-state index in [2.05, 4.69) is 26.0 Å². The molecule has 5 rings (SSSR count). The van der Waals surface area contributed by atoms with Crippen molar-refractivity contribution in [2.75, 3.05) is 31.1 Å². The number of hydrogen-bond donors (Lipinski definition) is 0. The molecule has 0 N–H and O–H groups in total. The molecule has 1 fully saturated rings. The number of carbonyl (C=O) groups is 1. The number of benzene rings is 1. The molecule has 0 bridgehead atoms. The van der Waals surface area contributed by atoms with Gasteiger partial charge in [0.1, 0.15) is 5.65 Å². The lowest BCUT2D eigenvalue weighted by molar-refractivity contribution is 0.0746. The highest BCUT2D eigenvalue weighted by Gasteiger charge is 2.23.